The third-order valence-corrected chi connectivity index (χ3v) is 5.16. The summed E-state index contributed by atoms with van der Waals surface area (Å²) in [6.07, 6.45) is 0. The maximum absolute atomic E-state index is 12.5. The number of carbonyl (C=O) groups excluding carboxylic acids is 1. The minimum absolute atomic E-state index is 0.0315. The minimum atomic E-state index is -0.165. The number of likely N-dealkylation sites (N-methyl/N-ethyl adjacent to an activating group) is 1. The van der Waals surface area contributed by atoms with Crippen molar-refractivity contribution in [1.82, 2.24) is 24.8 Å². The Morgan fingerprint density at radius 3 is 2.93 bits per heavy atom. The van der Waals surface area contributed by atoms with Crippen LogP contribution in [-0.2, 0) is 16.1 Å². The third kappa shape index (κ3) is 4.05. The standard InChI is InChI=1S/C19H25N7O2/c1-12-4-3-5-14(6-12)21-19-23-16(22-18(20)24-19)9-26-7-13-10-28-11-15(8-26)25(2)17(13)27/h3-6,13,15H,7-11H2,1-2H3,(H3,20,21,22,23,24)/t13-,15+/m1/s1. The summed E-state index contributed by atoms with van der Waals surface area (Å²) in [5, 5.41) is 3.19. The molecule has 0 radical (unpaired) electrons. The lowest BCUT2D eigenvalue weighted by atomic mass is 10.1. The van der Waals surface area contributed by atoms with E-state index in [9.17, 15) is 4.79 Å². The van der Waals surface area contributed by atoms with Gasteiger partial charge in [0.05, 0.1) is 31.7 Å². The number of hydrogen-bond donors (Lipinski definition) is 2. The molecule has 0 unspecified atom stereocenters. The van der Waals surface area contributed by atoms with E-state index >= 15 is 0 Å². The van der Waals surface area contributed by atoms with E-state index < -0.39 is 0 Å². The summed E-state index contributed by atoms with van der Waals surface area (Å²) in [4.78, 5) is 29.5. The molecule has 1 amide bonds. The number of nitrogens with two attached hydrogens (primary N) is 1. The molecule has 2 saturated heterocycles. The van der Waals surface area contributed by atoms with Crippen molar-refractivity contribution in [3.05, 3.63) is 35.7 Å². The van der Waals surface area contributed by atoms with Crippen molar-refractivity contribution >= 4 is 23.5 Å². The summed E-state index contributed by atoms with van der Waals surface area (Å²) in [5.41, 5.74) is 7.94. The Hall–Kier alpha value is -2.78. The molecule has 148 valence electrons. The number of fused-ring (bicyclic) bond motifs is 3. The van der Waals surface area contributed by atoms with Crippen LogP contribution in [0.2, 0.25) is 0 Å². The van der Waals surface area contributed by atoms with Crippen molar-refractivity contribution in [2.24, 2.45) is 5.92 Å². The molecule has 2 aromatic rings. The molecular weight excluding hydrogens is 358 g/mol. The van der Waals surface area contributed by atoms with Gasteiger partial charge in [-0.2, -0.15) is 15.0 Å². The fourth-order valence-corrected chi connectivity index (χ4v) is 3.73. The first kappa shape index (κ1) is 18.6. The van der Waals surface area contributed by atoms with Crippen molar-refractivity contribution < 1.29 is 9.53 Å². The second-order valence-electron chi connectivity index (χ2n) is 7.46. The third-order valence-electron chi connectivity index (χ3n) is 5.16. The molecule has 3 heterocycles. The van der Waals surface area contributed by atoms with E-state index in [0.29, 0.717) is 44.6 Å². The fourth-order valence-electron chi connectivity index (χ4n) is 3.73. The van der Waals surface area contributed by atoms with E-state index in [1.807, 2.05) is 43.1 Å². The van der Waals surface area contributed by atoms with Crippen molar-refractivity contribution in [2.75, 3.05) is 44.4 Å². The van der Waals surface area contributed by atoms with Crippen LogP contribution < -0.4 is 11.1 Å². The average molecular weight is 383 g/mol. The predicted octanol–water partition coefficient (Wildman–Crippen LogP) is 0.795. The Balaban J connectivity index is 1.52. The Morgan fingerprint density at radius 2 is 2.11 bits per heavy atom. The number of anilines is 3. The molecule has 0 saturated carbocycles. The number of carbonyl (C=O) groups is 1. The highest BCUT2D eigenvalue weighted by molar-refractivity contribution is 5.79. The van der Waals surface area contributed by atoms with Gasteiger partial charge in [0.1, 0.15) is 5.82 Å². The molecular formula is C19H25N7O2. The first-order valence-corrected chi connectivity index (χ1v) is 9.39. The number of ether oxygens (including phenoxy) is 1. The number of amides is 1. The van der Waals surface area contributed by atoms with Crippen LogP contribution in [0.5, 0.6) is 0 Å². The molecule has 2 fully saturated rings. The van der Waals surface area contributed by atoms with Crippen LogP contribution in [0, 0.1) is 12.8 Å². The van der Waals surface area contributed by atoms with Gasteiger partial charge in [-0.1, -0.05) is 12.1 Å². The lowest BCUT2D eigenvalue weighted by Gasteiger charge is -2.28. The molecule has 2 atom stereocenters. The monoisotopic (exact) mass is 383 g/mol. The number of benzene rings is 1. The van der Waals surface area contributed by atoms with Crippen LogP contribution in [0.4, 0.5) is 17.6 Å². The first-order valence-electron chi connectivity index (χ1n) is 9.39. The van der Waals surface area contributed by atoms with Gasteiger partial charge in [0.25, 0.3) is 0 Å². The number of aryl methyl sites for hydroxylation is 1. The number of rotatable bonds is 4. The topological polar surface area (TPSA) is 109 Å². The lowest BCUT2D eigenvalue weighted by Crippen LogP contribution is -2.43. The van der Waals surface area contributed by atoms with Crippen molar-refractivity contribution in [3.8, 4) is 0 Å². The van der Waals surface area contributed by atoms with Gasteiger partial charge in [0, 0.05) is 25.8 Å². The number of nitrogens with zero attached hydrogens (tertiary/aromatic N) is 5. The van der Waals surface area contributed by atoms with Gasteiger partial charge in [-0.05, 0) is 24.6 Å². The van der Waals surface area contributed by atoms with E-state index in [1.54, 1.807) is 0 Å². The number of hydrogen-bond acceptors (Lipinski definition) is 8. The molecule has 28 heavy (non-hydrogen) atoms. The molecule has 2 aliphatic heterocycles. The molecule has 0 spiro atoms. The zero-order valence-corrected chi connectivity index (χ0v) is 16.1. The summed E-state index contributed by atoms with van der Waals surface area (Å²) in [7, 11) is 1.85. The molecule has 3 N–H and O–H groups in total. The van der Waals surface area contributed by atoms with Crippen LogP contribution >= 0.6 is 0 Å². The predicted molar refractivity (Wildman–Crippen MR) is 105 cm³/mol. The summed E-state index contributed by atoms with van der Waals surface area (Å²) < 4.78 is 5.65. The SMILES string of the molecule is Cc1cccc(Nc2nc(N)nc(CN3C[C@@H]4COC[C@H](C3)N(C)C4=O)n2)c1. The van der Waals surface area contributed by atoms with E-state index in [4.69, 9.17) is 10.5 Å². The Kier molecular flexibility index (Phi) is 5.10. The van der Waals surface area contributed by atoms with Gasteiger partial charge in [-0.15, -0.1) is 0 Å². The number of aromatic nitrogens is 3. The molecule has 9 heteroatoms. The number of nitrogens with one attached hydrogen (secondary N) is 1. The quantitative estimate of drug-likeness (QED) is 0.798. The molecule has 9 nitrogen and oxygen atoms in total. The van der Waals surface area contributed by atoms with Crippen LogP contribution in [0.3, 0.4) is 0 Å². The van der Waals surface area contributed by atoms with Crippen molar-refractivity contribution in [2.45, 2.75) is 19.5 Å². The maximum Gasteiger partial charge on any atom is 0.232 e. The molecule has 2 bridgehead atoms. The van der Waals surface area contributed by atoms with Gasteiger partial charge in [0.15, 0.2) is 0 Å². The smallest absolute Gasteiger partial charge is 0.232 e. The van der Waals surface area contributed by atoms with Gasteiger partial charge in [-0.25, -0.2) is 0 Å². The molecule has 1 aromatic carbocycles. The summed E-state index contributed by atoms with van der Waals surface area (Å²) in [6, 6.07) is 7.98. The maximum atomic E-state index is 12.5. The van der Waals surface area contributed by atoms with E-state index in [0.717, 1.165) is 11.3 Å². The Bertz CT molecular complexity index is 875. The first-order chi connectivity index (χ1) is 13.5. The van der Waals surface area contributed by atoms with Crippen molar-refractivity contribution in [3.63, 3.8) is 0 Å². The minimum Gasteiger partial charge on any atom is -0.378 e. The summed E-state index contributed by atoms with van der Waals surface area (Å²) in [5.74, 6) is 1.15. The van der Waals surface area contributed by atoms with Gasteiger partial charge in [-0.3, -0.25) is 9.69 Å². The summed E-state index contributed by atoms with van der Waals surface area (Å²) >= 11 is 0. The second-order valence-corrected chi connectivity index (χ2v) is 7.46. The van der Waals surface area contributed by atoms with Crippen LogP contribution in [0.15, 0.2) is 24.3 Å². The highest BCUT2D eigenvalue weighted by Crippen LogP contribution is 2.21. The van der Waals surface area contributed by atoms with Crippen LogP contribution in [-0.4, -0.2) is 70.1 Å². The van der Waals surface area contributed by atoms with Crippen molar-refractivity contribution in [1.29, 1.82) is 0 Å². The van der Waals surface area contributed by atoms with Crippen LogP contribution in [0.1, 0.15) is 11.4 Å². The normalized spacial score (nSPS) is 22.8. The van der Waals surface area contributed by atoms with Gasteiger partial charge < -0.3 is 20.7 Å². The average Bonchev–Trinajstić information content (AvgIpc) is 2.80. The van der Waals surface area contributed by atoms with Gasteiger partial charge >= 0.3 is 0 Å². The molecule has 0 aliphatic carbocycles. The zero-order chi connectivity index (χ0) is 19.7. The highest BCUT2D eigenvalue weighted by Gasteiger charge is 2.37. The fraction of sp³-hybridized carbons (Fsp3) is 0.474. The molecule has 4 rings (SSSR count). The Labute approximate surface area is 163 Å². The van der Waals surface area contributed by atoms with E-state index in [-0.39, 0.29) is 23.8 Å². The van der Waals surface area contributed by atoms with E-state index in [2.05, 4.69) is 25.2 Å². The molecule has 2 aliphatic rings. The van der Waals surface area contributed by atoms with Gasteiger partial charge in [0.2, 0.25) is 17.8 Å². The largest absolute Gasteiger partial charge is 0.378 e. The van der Waals surface area contributed by atoms with Crippen LogP contribution in [0.25, 0.3) is 0 Å². The summed E-state index contributed by atoms with van der Waals surface area (Å²) in [6.45, 7) is 4.86. The lowest BCUT2D eigenvalue weighted by molar-refractivity contribution is -0.134. The second kappa shape index (κ2) is 7.69. The number of nitrogen functional groups attached to an aromatic ring is 1. The highest BCUT2D eigenvalue weighted by atomic mass is 16.5. The molecule has 1 aromatic heterocycles. The van der Waals surface area contributed by atoms with E-state index in [1.165, 1.54) is 0 Å². The Morgan fingerprint density at radius 1 is 1.25 bits per heavy atom. The zero-order valence-electron chi connectivity index (χ0n) is 16.1.